The molecule has 0 spiro atoms. The van der Waals surface area contributed by atoms with Crippen molar-refractivity contribution in [3.63, 3.8) is 0 Å². The Morgan fingerprint density at radius 2 is 2.38 bits per heavy atom. The van der Waals surface area contributed by atoms with Gasteiger partial charge in [0.05, 0.1) is 6.07 Å². The number of hydrogen-bond acceptors (Lipinski definition) is 5. The summed E-state index contributed by atoms with van der Waals surface area (Å²) in [4.78, 5) is 11.7. The third kappa shape index (κ3) is 3.16. The molecule has 2 atom stereocenters. The number of rotatable bonds is 6. The Balaban J connectivity index is 1.66. The summed E-state index contributed by atoms with van der Waals surface area (Å²) < 4.78 is 1.70. The fourth-order valence-corrected chi connectivity index (χ4v) is 4.25. The lowest BCUT2D eigenvalue weighted by atomic mass is 10.00. The average molecular weight is 307 g/mol. The van der Waals surface area contributed by atoms with Crippen LogP contribution < -0.4 is 11.0 Å². The molecule has 2 N–H and O–H groups in total. The molecule has 2 saturated carbocycles. The van der Waals surface area contributed by atoms with Crippen LogP contribution in [0.15, 0.2) is 9.95 Å². The van der Waals surface area contributed by atoms with E-state index in [9.17, 15) is 10.1 Å². The summed E-state index contributed by atoms with van der Waals surface area (Å²) in [5, 5.41) is 20.8. The van der Waals surface area contributed by atoms with E-state index in [1.54, 1.807) is 16.3 Å². The van der Waals surface area contributed by atoms with Crippen molar-refractivity contribution in [2.75, 3.05) is 0 Å². The highest BCUT2D eigenvalue weighted by Crippen LogP contribution is 2.40. The molecule has 1 heterocycles. The number of H-pyrrole nitrogens is 1. The first-order valence-corrected chi connectivity index (χ1v) is 8.54. The van der Waals surface area contributed by atoms with E-state index in [0.717, 1.165) is 30.8 Å². The summed E-state index contributed by atoms with van der Waals surface area (Å²) in [5.74, 6) is 0. The maximum absolute atomic E-state index is 11.7. The molecule has 0 aromatic carbocycles. The van der Waals surface area contributed by atoms with Gasteiger partial charge in [0.1, 0.15) is 5.54 Å². The maximum atomic E-state index is 11.7. The summed E-state index contributed by atoms with van der Waals surface area (Å²) >= 11 is 1.63. The van der Waals surface area contributed by atoms with Crippen LogP contribution in [0.2, 0.25) is 0 Å². The molecule has 0 aliphatic heterocycles. The van der Waals surface area contributed by atoms with Gasteiger partial charge < -0.3 is 0 Å². The second kappa shape index (κ2) is 5.85. The van der Waals surface area contributed by atoms with Crippen LogP contribution in [-0.2, 0) is 6.54 Å². The van der Waals surface area contributed by atoms with Gasteiger partial charge >= 0.3 is 5.69 Å². The molecule has 114 valence electrons. The number of nitriles is 1. The monoisotopic (exact) mass is 307 g/mol. The second-order valence-electron chi connectivity index (χ2n) is 6.06. The first kappa shape index (κ1) is 14.7. The zero-order chi connectivity index (χ0) is 14.9. The Kier molecular flexibility index (Phi) is 4.09. The minimum absolute atomic E-state index is 0.139. The van der Waals surface area contributed by atoms with Crippen molar-refractivity contribution in [1.82, 2.24) is 20.1 Å². The number of hydrogen-bond donors (Lipinski definition) is 2. The van der Waals surface area contributed by atoms with Crippen LogP contribution in [0.3, 0.4) is 0 Å². The maximum Gasteiger partial charge on any atom is 0.343 e. The van der Waals surface area contributed by atoms with Crippen molar-refractivity contribution in [2.45, 2.75) is 74.0 Å². The van der Waals surface area contributed by atoms with E-state index in [1.165, 1.54) is 12.8 Å². The minimum Gasteiger partial charge on any atom is -0.297 e. The van der Waals surface area contributed by atoms with E-state index in [4.69, 9.17) is 0 Å². The van der Waals surface area contributed by atoms with Crippen molar-refractivity contribution in [3.8, 4) is 6.07 Å². The smallest absolute Gasteiger partial charge is 0.297 e. The Labute approximate surface area is 128 Å². The van der Waals surface area contributed by atoms with Crippen LogP contribution in [0.1, 0.15) is 45.4 Å². The van der Waals surface area contributed by atoms with Crippen molar-refractivity contribution in [1.29, 1.82) is 5.26 Å². The lowest BCUT2D eigenvalue weighted by Gasteiger charge is -2.22. The lowest BCUT2D eigenvalue weighted by molar-refractivity contribution is 0.420. The Hall–Kier alpha value is -1.26. The molecule has 2 fully saturated rings. The van der Waals surface area contributed by atoms with Gasteiger partial charge in [0.15, 0.2) is 5.16 Å². The Morgan fingerprint density at radius 3 is 3.05 bits per heavy atom. The van der Waals surface area contributed by atoms with Crippen molar-refractivity contribution < 1.29 is 0 Å². The summed E-state index contributed by atoms with van der Waals surface area (Å²) in [6.45, 7) is 2.73. The van der Waals surface area contributed by atoms with Gasteiger partial charge in [0, 0.05) is 17.8 Å². The molecule has 1 aromatic heterocycles. The quantitative estimate of drug-likeness (QED) is 0.834. The molecule has 3 rings (SSSR count). The SMILES string of the molecule is CCCn1c(SC2CCC(C#N)(NC3CC3)C2)n[nH]c1=O. The van der Waals surface area contributed by atoms with Gasteiger partial charge in [-0.25, -0.2) is 9.89 Å². The molecule has 21 heavy (non-hydrogen) atoms. The Bertz CT molecular complexity index is 599. The standard InChI is InChI=1S/C14H21N5OS/c1-2-7-19-12(20)17-18-13(19)21-11-5-6-14(8-11,9-15)16-10-3-4-10/h10-11,16H,2-8H2,1H3,(H,17,20). The first-order chi connectivity index (χ1) is 10.2. The minimum atomic E-state index is -0.370. The molecular formula is C14H21N5OS. The fraction of sp³-hybridized carbons (Fsp3) is 0.786. The zero-order valence-electron chi connectivity index (χ0n) is 12.3. The molecule has 0 saturated heterocycles. The predicted molar refractivity (Wildman–Crippen MR) is 81.1 cm³/mol. The van der Waals surface area contributed by atoms with Gasteiger partial charge in [0.25, 0.3) is 0 Å². The van der Waals surface area contributed by atoms with Gasteiger partial charge in [-0.1, -0.05) is 18.7 Å². The van der Waals surface area contributed by atoms with Gasteiger partial charge in [-0.15, -0.1) is 5.10 Å². The third-order valence-electron chi connectivity index (χ3n) is 4.18. The molecule has 2 aliphatic rings. The van der Waals surface area contributed by atoms with Crippen molar-refractivity contribution in [2.24, 2.45) is 0 Å². The first-order valence-electron chi connectivity index (χ1n) is 7.66. The van der Waals surface area contributed by atoms with E-state index in [2.05, 4.69) is 21.6 Å². The van der Waals surface area contributed by atoms with Crippen LogP contribution in [-0.4, -0.2) is 31.6 Å². The van der Waals surface area contributed by atoms with E-state index in [-0.39, 0.29) is 11.2 Å². The lowest BCUT2D eigenvalue weighted by Crippen LogP contribution is -2.43. The van der Waals surface area contributed by atoms with Crippen LogP contribution in [0.4, 0.5) is 0 Å². The third-order valence-corrected chi connectivity index (χ3v) is 5.44. The highest BCUT2D eigenvalue weighted by atomic mass is 32.2. The van der Waals surface area contributed by atoms with E-state index >= 15 is 0 Å². The number of thioether (sulfide) groups is 1. The summed E-state index contributed by atoms with van der Waals surface area (Å²) in [6, 6.07) is 3.03. The van der Waals surface area contributed by atoms with Gasteiger partial charge in [-0.2, -0.15) is 5.26 Å². The molecule has 0 radical (unpaired) electrons. The molecule has 0 bridgehead atoms. The number of nitrogens with zero attached hydrogens (tertiary/aromatic N) is 3. The van der Waals surface area contributed by atoms with E-state index in [0.29, 0.717) is 17.8 Å². The number of nitrogens with one attached hydrogen (secondary N) is 2. The van der Waals surface area contributed by atoms with Crippen LogP contribution in [0.25, 0.3) is 0 Å². The van der Waals surface area contributed by atoms with Gasteiger partial charge in [-0.3, -0.25) is 9.88 Å². The molecule has 0 amide bonds. The second-order valence-corrected chi connectivity index (χ2v) is 7.33. The van der Waals surface area contributed by atoms with Crippen LogP contribution >= 0.6 is 11.8 Å². The summed E-state index contributed by atoms with van der Waals surface area (Å²) in [5.41, 5.74) is -0.509. The Morgan fingerprint density at radius 1 is 1.57 bits per heavy atom. The molecular weight excluding hydrogens is 286 g/mol. The van der Waals surface area contributed by atoms with E-state index in [1.807, 2.05) is 6.92 Å². The van der Waals surface area contributed by atoms with Gasteiger partial charge in [0.2, 0.25) is 0 Å². The van der Waals surface area contributed by atoms with Crippen LogP contribution in [0, 0.1) is 11.3 Å². The van der Waals surface area contributed by atoms with Crippen molar-refractivity contribution >= 4 is 11.8 Å². The molecule has 1 aromatic rings. The van der Waals surface area contributed by atoms with Crippen LogP contribution in [0.5, 0.6) is 0 Å². The topological polar surface area (TPSA) is 86.5 Å². The highest BCUT2D eigenvalue weighted by molar-refractivity contribution is 7.99. The van der Waals surface area contributed by atoms with Crippen molar-refractivity contribution in [3.05, 3.63) is 10.5 Å². The summed E-state index contributed by atoms with van der Waals surface area (Å²) in [6.07, 6.45) is 6.00. The highest BCUT2D eigenvalue weighted by Gasteiger charge is 2.43. The predicted octanol–water partition coefficient (Wildman–Crippen LogP) is 1.64. The van der Waals surface area contributed by atoms with E-state index < -0.39 is 0 Å². The number of aromatic nitrogens is 3. The molecule has 2 aliphatic carbocycles. The normalized spacial score (nSPS) is 28.7. The molecule has 6 nitrogen and oxygen atoms in total. The largest absolute Gasteiger partial charge is 0.343 e. The fourth-order valence-electron chi connectivity index (χ4n) is 2.95. The molecule has 7 heteroatoms. The zero-order valence-corrected chi connectivity index (χ0v) is 13.1. The average Bonchev–Trinajstić information content (AvgIpc) is 3.10. The van der Waals surface area contributed by atoms with Gasteiger partial charge in [-0.05, 0) is 38.5 Å². The molecule has 2 unspecified atom stereocenters. The number of aromatic amines is 1. The summed E-state index contributed by atoms with van der Waals surface area (Å²) in [7, 11) is 0.